The molecule has 2 aliphatic carbocycles. The van der Waals surface area contributed by atoms with Gasteiger partial charge in [-0.2, -0.15) is 0 Å². The molecule has 0 aromatic carbocycles. The fourth-order valence-corrected chi connectivity index (χ4v) is 4.31. The van der Waals surface area contributed by atoms with Crippen LogP contribution in [0.2, 0.25) is 0 Å². The molecule has 0 radical (unpaired) electrons. The second-order valence-electron chi connectivity index (χ2n) is 7.51. The average molecular weight is 292 g/mol. The molecule has 1 unspecified atom stereocenters. The van der Waals surface area contributed by atoms with Crippen LogP contribution in [0.3, 0.4) is 0 Å². The summed E-state index contributed by atoms with van der Waals surface area (Å²) in [6, 6.07) is 1.16. The van der Waals surface area contributed by atoms with Crippen molar-refractivity contribution >= 4 is 5.91 Å². The van der Waals surface area contributed by atoms with Gasteiger partial charge in [-0.25, -0.2) is 0 Å². The predicted octanol–water partition coefficient (Wildman–Crippen LogP) is 3.34. The molecule has 2 saturated carbocycles. The van der Waals surface area contributed by atoms with Gasteiger partial charge in [-0.3, -0.25) is 4.79 Å². The Balaban J connectivity index is 1.50. The van der Waals surface area contributed by atoms with Crippen LogP contribution in [0.5, 0.6) is 0 Å². The van der Waals surface area contributed by atoms with Crippen molar-refractivity contribution in [2.24, 2.45) is 11.8 Å². The van der Waals surface area contributed by atoms with E-state index in [1.807, 2.05) is 0 Å². The van der Waals surface area contributed by atoms with Gasteiger partial charge in [0.1, 0.15) is 0 Å². The van der Waals surface area contributed by atoms with Crippen molar-refractivity contribution in [2.75, 3.05) is 13.1 Å². The molecule has 0 bridgehead atoms. The maximum atomic E-state index is 12.7. The first kappa shape index (κ1) is 15.3. The minimum Gasteiger partial charge on any atom is -0.337 e. The van der Waals surface area contributed by atoms with Gasteiger partial charge in [0, 0.05) is 18.5 Å². The highest BCUT2D eigenvalue weighted by Gasteiger charge is 2.38. The fraction of sp³-hybridized carbons (Fsp3) is 0.944. The highest BCUT2D eigenvalue weighted by atomic mass is 16.2. The molecule has 3 aliphatic rings. The van der Waals surface area contributed by atoms with Crippen molar-refractivity contribution in [1.29, 1.82) is 0 Å². The number of carbonyl (C=O) groups is 1. The van der Waals surface area contributed by atoms with Crippen LogP contribution in [0.25, 0.3) is 0 Å². The Morgan fingerprint density at radius 2 is 1.67 bits per heavy atom. The zero-order chi connectivity index (χ0) is 14.7. The first-order valence-corrected chi connectivity index (χ1v) is 9.29. The Kier molecular flexibility index (Phi) is 5.20. The van der Waals surface area contributed by atoms with Gasteiger partial charge in [0.05, 0.1) is 0 Å². The topological polar surface area (TPSA) is 32.3 Å². The van der Waals surface area contributed by atoms with Crippen LogP contribution in [0.15, 0.2) is 0 Å². The van der Waals surface area contributed by atoms with Crippen LogP contribution in [0.1, 0.15) is 71.1 Å². The number of amides is 1. The first-order valence-electron chi connectivity index (χ1n) is 9.29. The molecule has 1 atom stereocenters. The van der Waals surface area contributed by atoms with Crippen molar-refractivity contribution < 1.29 is 4.79 Å². The third-order valence-electron chi connectivity index (χ3n) is 5.94. The highest BCUT2D eigenvalue weighted by molar-refractivity contribution is 5.77. The third kappa shape index (κ3) is 4.00. The summed E-state index contributed by atoms with van der Waals surface area (Å²) in [6.07, 6.45) is 12.2. The van der Waals surface area contributed by atoms with E-state index in [0.29, 0.717) is 18.0 Å². The van der Waals surface area contributed by atoms with E-state index in [2.05, 4.69) is 17.1 Å². The quantitative estimate of drug-likeness (QED) is 0.814. The summed E-state index contributed by atoms with van der Waals surface area (Å²) in [4.78, 5) is 15.1. The summed E-state index contributed by atoms with van der Waals surface area (Å²) in [6.45, 7) is 4.58. The van der Waals surface area contributed by atoms with Crippen molar-refractivity contribution in [3.63, 3.8) is 0 Å². The molecule has 0 spiro atoms. The van der Waals surface area contributed by atoms with Gasteiger partial charge in [0.2, 0.25) is 5.91 Å². The molecule has 0 aromatic rings. The summed E-state index contributed by atoms with van der Waals surface area (Å²) in [5.41, 5.74) is 0. The minimum atomic E-state index is 0.462. The Labute approximate surface area is 129 Å². The average Bonchev–Trinajstić information content (AvgIpc) is 3.20. The molecule has 1 heterocycles. The van der Waals surface area contributed by atoms with Crippen LogP contribution < -0.4 is 5.32 Å². The second kappa shape index (κ2) is 7.13. The van der Waals surface area contributed by atoms with E-state index >= 15 is 0 Å². The van der Waals surface area contributed by atoms with Gasteiger partial charge < -0.3 is 10.2 Å². The maximum Gasteiger partial charge on any atom is 0.223 e. The molecular weight excluding hydrogens is 260 g/mol. The Morgan fingerprint density at radius 3 is 2.19 bits per heavy atom. The molecule has 21 heavy (non-hydrogen) atoms. The number of nitrogens with zero attached hydrogens (tertiary/aromatic N) is 1. The lowest BCUT2D eigenvalue weighted by Crippen LogP contribution is -2.44. The van der Waals surface area contributed by atoms with Gasteiger partial charge in [0.15, 0.2) is 0 Å². The molecule has 1 aliphatic heterocycles. The van der Waals surface area contributed by atoms with E-state index in [1.54, 1.807) is 0 Å². The SMILES string of the molecule is CCC1CCC(N(C(=O)CCC2CCNC2)C2CC2)CC1. The fourth-order valence-electron chi connectivity index (χ4n) is 4.31. The van der Waals surface area contributed by atoms with E-state index in [4.69, 9.17) is 0 Å². The predicted molar refractivity (Wildman–Crippen MR) is 86.1 cm³/mol. The van der Waals surface area contributed by atoms with Crippen molar-refractivity contribution in [3.05, 3.63) is 0 Å². The highest BCUT2D eigenvalue weighted by Crippen LogP contribution is 2.36. The van der Waals surface area contributed by atoms with Gasteiger partial charge in [-0.1, -0.05) is 13.3 Å². The lowest BCUT2D eigenvalue weighted by molar-refractivity contribution is -0.135. The zero-order valence-electron chi connectivity index (χ0n) is 13.7. The summed E-state index contributed by atoms with van der Waals surface area (Å²) in [5, 5.41) is 3.41. The van der Waals surface area contributed by atoms with Gasteiger partial charge >= 0.3 is 0 Å². The number of rotatable bonds is 6. The lowest BCUT2D eigenvalue weighted by Gasteiger charge is -2.37. The molecule has 3 heteroatoms. The monoisotopic (exact) mass is 292 g/mol. The minimum absolute atomic E-state index is 0.462. The van der Waals surface area contributed by atoms with Crippen molar-refractivity contribution in [2.45, 2.75) is 83.2 Å². The molecule has 1 amide bonds. The Morgan fingerprint density at radius 1 is 1.00 bits per heavy atom. The molecule has 1 saturated heterocycles. The summed E-state index contributed by atoms with van der Waals surface area (Å²) >= 11 is 0. The van der Waals surface area contributed by atoms with E-state index in [9.17, 15) is 4.79 Å². The standard InChI is InChI=1S/C18H32N2O/c1-2-14-3-6-16(7-4-14)20(17-8-9-17)18(21)10-5-15-11-12-19-13-15/h14-17,19H,2-13H2,1H3. The first-order chi connectivity index (χ1) is 10.3. The zero-order valence-corrected chi connectivity index (χ0v) is 13.7. The van der Waals surface area contributed by atoms with Crippen LogP contribution >= 0.6 is 0 Å². The third-order valence-corrected chi connectivity index (χ3v) is 5.94. The molecular formula is C18H32N2O. The number of hydrogen-bond acceptors (Lipinski definition) is 2. The molecule has 3 rings (SSSR count). The van der Waals surface area contributed by atoms with E-state index in [1.165, 1.54) is 51.4 Å². The molecule has 120 valence electrons. The van der Waals surface area contributed by atoms with Crippen LogP contribution in [-0.2, 0) is 4.79 Å². The van der Waals surface area contributed by atoms with Crippen LogP contribution in [0.4, 0.5) is 0 Å². The van der Waals surface area contributed by atoms with Crippen LogP contribution in [-0.4, -0.2) is 36.0 Å². The largest absolute Gasteiger partial charge is 0.337 e. The smallest absolute Gasteiger partial charge is 0.223 e. The molecule has 3 nitrogen and oxygen atoms in total. The number of carbonyl (C=O) groups excluding carboxylic acids is 1. The van der Waals surface area contributed by atoms with Gasteiger partial charge in [-0.05, 0) is 76.3 Å². The normalized spacial score (nSPS) is 33.1. The number of nitrogens with one attached hydrogen (secondary N) is 1. The summed E-state index contributed by atoms with van der Waals surface area (Å²) in [5.74, 6) is 2.12. The van der Waals surface area contributed by atoms with Gasteiger partial charge in [-0.15, -0.1) is 0 Å². The second-order valence-corrected chi connectivity index (χ2v) is 7.51. The van der Waals surface area contributed by atoms with Crippen molar-refractivity contribution in [3.8, 4) is 0 Å². The van der Waals surface area contributed by atoms with Crippen molar-refractivity contribution in [1.82, 2.24) is 10.2 Å². The van der Waals surface area contributed by atoms with E-state index < -0.39 is 0 Å². The Bertz CT molecular complexity index is 339. The Hall–Kier alpha value is -0.570. The summed E-state index contributed by atoms with van der Waals surface area (Å²) < 4.78 is 0. The molecule has 1 N–H and O–H groups in total. The lowest BCUT2D eigenvalue weighted by atomic mass is 9.83. The summed E-state index contributed by atoms with van der Waals surface area (Å²) in [7, 11) is 0. The number of hydrogen-bond donors (Lipinski definition) is 1. The van der Waals surface area contributed by atoms with E-state index in [-0.39, 0.29) is 0 Å². The van der Waals surface area contributed by atoms with Crippen LogP contribution in [0, 0.1) is 11.8 Å². The van der Waals surface area contributed by atoms with E-state index in [0.717, 1.165) is 37.8 Å². The molecule has 0 aromatic heterocycles. The van der Waals surface area contributed by atoms with Gasteiger partial charge in [0.25, 0.3) is 0 Å². The molecule has 3 fully saturated rings. The maximum absolute atomic E-state index is 12.7.